The summed E-state index contributed by atoms with van der Waals surface area (Å²) in [5.41, 5.74) is 0.339. The monoisotopic (exact) mass is 437 g/mol. The second-order valence-electron chi connectivity index (χ2n) is 8.32. The Hall–Kier alpha value is -1.48. The highest BCUT2D eigenvalue weighted by atomic mass is 32.2. The molecule has 0 radical (unpaired) electrons. The lowest BCUT2D eigenvalue weighted by Crippen LogP contribution is -2.67. The molecule has 168 valence electrons. The van der Waals surface area contributed by atoms with Gasteiger partial charge in [-0.25, -0.2) is 8.42 Å². The number of sulfonamides is 1. The molecule has 1 aromatic carbocycles. The first-order chi connectivity index (χ1) is 14.4. The predicted molar refractivity (Wildman–Crippen MR) is 118 cm³/mol. The summed E-state index contributed by atoms with van der Waals surface area (Å²) < 4.78 is 32.5. The lowest BCUT2D eigenvalue weighted by atomic mass is 9.77. The van der Waals surface area contributed by atoms with Crippen molar-refractivity contribution in [3.63, 3.8) is 0 Å². The molecular formula is C22H35N3O4S. The van der Waals surface area contributed by atoms with Crippen LogP contribution in [0.2, 0.25) is 0 Å². The fraction of sp³-hybridized carbons (Fsp3) is 0.682. The normalized spacial score (nSPS) is 26.4. The minimum Gasteiger partial charge on any atom is -0.379 e. The highest BCUT2D eigenvalue weighted by molar-refractivity contribution is 7.89. The van der Waals surface area contributed by atoms with Gasteiger partial charge in [-0.2, -0.15) is 4.31 Å². The highest BCUT2D eigenvalue weighted by Gasteiger charge is 2.47. The van der Waals surface area contributed by atoms with Crippen LogP contribution < -0.4 is 5.32 Å². The zero-order valence-electron chi connectivity index (χ0n) is 18.2. The van der Waals surface area contributed by atoms with Crippen molar-refractivity contribution in [2.24, 2.45) is 0 Å². The second-order valence-corrected chi connectivity index (χ2v) is 10.4. The molecule has 2 unspecified atom stereocenters. The van der Waals surface area contributed by atoms with E-state index in [0.717, 1.165) is 25.7 Å². The Morgan fingerprint density at radius 3 is 2.50 bits per heavy atom. The third-order valence-electron chi connectivity index (χ3n) is 6.52. The minimum atomic E-state index is -3.18. The summed E-state index contributed by atoms with van der Waals surface area (Å²) in [6.45, 7) is 4.69. The van der Waals surface area contributed by atoms with Crippen LogP contribution in [0.5, 0.6) is 0 Å². The van der Waals surface area contributed by atoms with Crippen LogP contribution in [0.1, 0.15) is 49.4 Å². The molecule has 3 rings (SSSR count). The molecule has 1 N–H and O–H groups in total. The molecule has 1 aromatic rings. The molecule has 1 saturated carbocycles. The number of rotatable bonds is 8. The van der Waals surface area contributed by atoms with Crippen molar-refractivity contribution in [1.29, 1.82) is 0 Å². The molecular weight excluding hydrogens is 402 g/mol. The molecule has 1 amide bonds. The minimum absolute atomic E-state index is 0.0149. The molecule has 1 aliphatic carbocycles. The fourth-order valence-electron chi connectivity index (χ4n) is 4.93. The van der Waals surface area contributed by atoms with Crippen LogP contribution in [0.25, 0.3) is 0 Å². The van der Waals surface area contributed by atoms with Crippen molar-refractivity contribution in [2.45, 2.75) is 50.7 Å². The number of amides is 1. The number of carbonyl (C=O) groups is 1. The molecule has 2 atom stereocenters. The molecule has 7 nitrogen and oxygen atoms in total. The smallest absolute Gasteiger partial charge is 0.251 e. The van der Waals surface area contributed by atoms with E-state index in [1.807, 2.05) is 37.3 Å². The van der Waals surface area contributed by atoms with E-state index in [2.05, 4.69) is 10.2 Å². The van der Waals surface area contributed by atoms with Gasteiger partial charge in [0.1, 0.15) is 0 Å². The van der Waals surface area contributed by atoms with E-state index < -0.39 is 10.0 Å². The van der Waals surface area contributed by atoms with E-state index in [1.165, 1.54) is 0 Å². The lowest BCUT2D eigenvalue weighted by molar-refractivity contribution is -0.0864. The fourth-order valence-corrected chi connectivity index (χ4v) is 6.42. The van der Waals surface area contributed by atoms with Gasteiger partial charge in [-0.15, -0.1) is 0 Å². The van der Waals surface area contributed by atoms with Gasteiger partial charge in [-0.3, -0.25) is 9.69 Å². The number of nitrogens with zero attached hydrogens (tertiary/aromatic N) is 2. The van der Waals surface area contributed by atoms with Crippen LogP contribution in [-0.4, -0.2) is 80.8 Å². The standard InChI is InChI=1S/C22H35N3O4S/c1-3-17-30(27,28)25-15-13-24(14-16-25)22(12-8-7-11-20(22)29-2)18-23-21(26)19-9-5-4-6-10-19/h4-6,9-10,20H,3,7-8,11-18H2,1-2H3,(H,23,26). The van der Waals surface area contributed by atoms with Crippen molar-refractivity contribution >= 4 is 15.9 Å². The Morgan fingerprint density at radius 1 is 1.17 bits per heavy atom. The summed E-state index contributed by atoms with van der Waals surface area (Å²) in [4.78, 5) is 15.1. The van der Waals surface area contributed by atoms with Crippen LogP contribution in [0, 0.1) is 0 Å². The van der Waals surface area contributed by atoms with Crippen molar-refractivity contribution in [2.75, 3.05) is 45.6 Å². The molecule has 2 aliphatic rings. The van der Waals surface area contributed by atoms with E-state index in [4.69, 9.17) is 4.74 Å². The number of benzene rings is 1. The van der Waals surface area contributed by atoms with E-state index in [0.29, 0.717) is 44.7 Å². The summed E-state index contributed by atoms with van der Waals surface area (Å²) in [5.74, 6) is 0.117. The lowest BCUT2D eigenvalue weighted by Gasteiger charge is -2.53. The molecule has 30 heavy (non-hydrogen) atoms. The number of methoxy groups -OCH3 is 1. The van der Waals surface area contributed by atoms with Crippen LogP contribution >= 0.6 is 0 Å². The second kappa shape index (κ2) is 10.2. The maximum atomic E-state index is 12.7. The van der Waals surface area contributed by atoms with Crippen molar-refractivity contribution < 1.29 is 17.9 Å². The third-order valence-corrected chi connectivity index (χ3v) is 8.60. The van der Waals surface area contributed by atoms with Gasteiger partial charge in [0.25, 0.3) is 5.91 Å². The first-order valence-electron chi connectivity index (χ1n) is 11.0. The van der Waals surface area contributed by atoms with Gasteiger partial charge in [0.05, 0.1) is 17.4 Å². The molecule has 1 saturated heterocycles. The van der Waals surface area contributed by atoms with E-state index >= 15 is 0 Å². The van der Waals surface area contributed by atoms with E-state index in [-0.39, 0.29) is 23.3 Å². The summed E-state index contributed by atoms with van der Waals surface area (Å²) in [6, 6.07) is 9.24. The van der Waals surface area contributed by atoms with Crippen LogP contribution in [0.3, 0.4) is 0 Å². The largest absolute Gasteiger partial charge is 0.379 e. The maximum Gasteiger partial charge on any atom is 0.251 e. The number of carbonyl (C=O) groups excluding carboxylic acids is 1. The molecule has 0 bridgehead atoms. The van der Waals surface area contributed by atoms with E-state index in [9.17, 15) is 13.2 Å². The van der Waals surface area contributed by atoms with Crippen molar-refractivity contribution in [3.05, 3.63) is 35.9 Å². The number of hydrogen-bond acceptors (Lipinski definition) is 5. The van der Waals surface area contributed by atoms with Crippen LogP contribution in [0.4, 0.5) is 0 Å². The first kappa shape index (κ1) is 23.2. The Balaban J connectivity index is 1.74. The van der Waals surface area contributed by atoms with Gasteiger partial charge < -0.3 is 10.1 Å². The Bertz CT molecular complexity index is 794. The first-order valence-corrected chi connectivity index (χ1v) is 12.6. The Labute approximate surface area is 180 Å². The average molecular weight is 438 g/mol. The van der Waals surface area contributed by atoms with Crippen LogP contribution in [-0.2, 0) is 14.8 Å². The summed E-state index contributed by atoms with van der Waals surface area (Å²) in [7, 11) is -1.44. The molecule has 1 heterocycles. The highest BCUT2D eigenvalue weighted by Crippen LogP contribution is 2.36. The maximum absolute atomic E-state index is 12.7. The van der Waals surface area contributed by atoms with Crippen LogP contribution in [0.15, 0.2) is 30.3 Å². The Kier molecular flexibility index (Phi) is 7.90. The van der Waals surface area contributed by atoms with Gasteiger partial charge in [0.2, 0.25) is 10.0 Å². The predicted octanol–water partition coefficient (Wildman–Crippen LogP) is 2.10. The average Bonchev–Trinajstić information content (AvgIpc) is 2.78. The Morgan fingerprint density at radius 2 is 1.87 bits per heavy atom. The quantitative estimate of drug-likeness (QED) is 0.674. The SMILES string of the molecule is CCCS(=O)(=O)N1CCN(C2(CNC(=O)c3ccccc3)CCCCC2OC)CC1. The zero-order valence-corrected chi connectivity index (χ0v) is 19.0. The molecule has 8 heteroatoms. The summed E-state index contributed by atoms with van der Waals surface area (Å²) >= 11 is 0. The summed E-state index contributed by atoms with van der Waals surface area (Å²) in [6.07, 6.45) is 4.71. The number of nitrogens with one attached hydrogen (secondary N) is 1. The van der Waals surface area contributed by atoms with Crippen molar-refractivity contribution in [1.82, 2.24) is 14.5 Å². The zero-order chi connectivity index (χ0) is 21.6. The van der Waals surface area contributed by atoms with Gasteiger partial charge in [-0.1, -0.05) is 38.0 Å². The number of ether oxygens (including phenoxy) is 1. The van der Waals surface area contributed by atoms with Crippen molar-refractivity contribution in [3.8, 4) is 0 Å². The molecule has 0 aromatic heterocycles. The summed E-state index contributed by atoms with van der Waals surface area (Å²) in [5, 5.41) is 3.14. The molecule has 2 fully saturated rings. The third kappa shape index (κ3) is 5.04. The van der Waals surface area contributed by atoms with Gasteiger partial charge in [0, 0.05) is 45.4 Å². The molecule has 1 aliphatic heterocycles. The van der Waals surface area contributed by atoms with E-state index in [1.54, 1.807) is 11.4 Å². The number of piperazine rings is 1. The topological polar surface area (TPSA) is 79.0 Å². The van der Waals surface area contributed by atoms with Gasteiger partial charge in [0.15, 0.2) is 0 Å². The van der Waals surface area contributed by atoms with Gasteiger partial charge in [-0.05, 0) is 31.4 Å². The molecule has 0 spiro atoms. The van der Waals surface area contributed by atoms with Gasteiger partial charge >= 0.3 is 0 Å². The number of hydrogen-bond donors (Lipinski definition) is 1.